The first-order valence-corrected chi connectivity index (χ1v) is 6.27. The summed E-state index contributed by atoms with van der Waals surface area (Å²) in [5.74, 6) is -1.01. The Kier molecular flexibility index (Phi) is 4.35. The minimum Gasteiger partial charge on any atom is -0.478 e. The first-order valence-electron chi connectivity index (χ1n) is 6.27. The maximum atomic E-state index is 11.8. The van der Waals surface area contributed by atoms with E-state index in [1.165, 1.54) is 12.1 Å². The Labute approximate surface area is 111 Å². The molecule has 19 heavy (non-hydrogen) atoms. The van der Waals surface area contributed by atoms with Gasteiger partial charge in [-0.2, -0.15) is 0 Å². The lowest BCUT2D eigenvalue weighted by atomic mass is 10.1. The van der Waals surface area contributed by atoms with Crippen molar-refractivity contribution in [1.29, 1.82) is 0 Å². The normalized spacial score (nSPS) is 15.8. The van der Waals surface area contributed by atoms with E-state index < -0.39 is 5.97 Å². The molecule has 0 aromatic heterocycles. The highest BCUT2D eigenvalue weighted by Crippen LogP contribution is 2.11. The van der Waals surface area contributed by atoms with E-state index in [1.54, 1.807) is 12.1 Å². The lowest BCUT2D eigenvalue weighted by Crippen LogP contribution is -2.44. The molecular formula is C13H17N3O3. The number of aromatic carboxylic acids is 1. The smallest absolute Gasteiger partial charge is 0.335 e. The number of hydrogen-bond donors (Lipinski definition) is 4. The molecule has 0 atom stereocenters. The number of carboxylic acid groups (broad SMARTS) is 1. The number of nitrogens with one attached hydrogen (secondary N) is 3. The molecule has 0 radical (unpaired) electrons. The minimum atomic E-state index is -1.01. The fraction of sp³-hybridized carbons (Fsp3) is 0.385. The number of urea groups is 1. The second-order valence-electron chi connectivity index (χ2n) is 4.51. The van der Waals surface area contributed by atoms with Gasteiger partial charge in [0.05, 0.1) is 5.56 Å². The first kappa shape index (κ1) is 13.4. The summed E-state index contributed by atoms with van der Waals surface area (Å²) in [5, 5.41) is 17.6. The van der Waals surface area contributed by atoms with Crippen LogP contribution in [0.5, 0.6) is 0 Å². The van der Waals surface area contributed by atoms with E-state index in [-0.39, 0.29) is 17.6 Å². The van der Waals surface area contributed by atoms with E-state index in [0.29, 0.717) is 5.69 Å². The van der Waals surface area contributed by atoms with Crippen LogP contribution in [0.3, 0.4) is 0 Å². The molecule has 6 heteroatoms. The molecule has 0 saturated carbocycles. The number of benzene rings is 1. The highest BCUT2D eigenvalue weighted by Gasteiger charge is 2.15. The zero-order chi connectivity index (χ0) is 13.7. The van der Waals surface area contributed by atoms with Gasteiger partial charge in [0.25, 0.3) is 0 Å². The Bertz CT molecular complexity index is 470. The van der Waals surface area contributed by atoms with Crippen molar-refractivity contribution < 1.29 is 14.7 Å². The van der Waals surface area contributed by atoms with Crippen LogP contribution in [-0.2, 0) is 0 Å². The number of hydrogen-bond acceptors (Lipinski definition) is 3. The maximum absolute atomic E-state index is 11.8. The molecule has 0 bridgehead atoms. The Morgan fingerprint density at radius 2 is 2.00 bits per heavy atom. The molecule has 0 unspecified atom stereocenters. The number of piperidine rings is 1. The molecule has 4 N–H and O–H groups in total. The number of rotatable bonds is 3. The van der Waals surface area contributed by atoms with Crippen molar-refractivity contribution in [2.24, 2.45) is 0 Å². The first-order chi connectivity index (χ1) is 9.15. The van der Waals surface area contributed by atoms with Gasteiger partial charge in [-0.3, -0.25) is 0 Å². The molecule has 1 saturated heterocycles. The molecular weight excluding hydrogens is 246 g/mol. The molecule has 1 heterocycles. The third-order valence-electron chi connectivity index (χ3n) is 3.04. The summed E-state index contributed by atoms with van der Waals surface area (Å²) in [6, 6.07) is 6.05. The SMILES string of the molecule is O=C(Nc1cccc(C(=O)O)c1)NC1CCNCC1. The van der Waals surface area contributed by atoms with E-state index >= 15 is 0 Å². The van der Waals surface area contributed by atoms with Gasteiger partial charge in [0, 0.05) is 11.7 Å². The average Bonchev–Trinajstić information content (AvgIpc) is 2.40. The van der Waals surface area contributed by atoms with Crippen LogP contribution in [0.2, 0.25) is 0 Å². The van der Waals surface area contributed by atoms with Crippen molar-refractivity contribution in [2.75, 3.05) is 18.4 Å². The fourth-order valence-corrected chi connectivity index (χ4v) is 2.05. The Morgan fingerprint density at radius 1 is 1.26 bits per heavy atom. The van der Waals surface area contributed by atoms with E-state index in [4.69, 9.17) is 5.11 Å². The Hall–Kier alpha value is -2.08. The molecule has 1 aromatic rings. The number of anilines is 1. The van der Waals surface area contributed by atoms with E-state index in [9.17, 15) is 9.59 Å². The quantitative estimate of drug-likeness (QED) is 0.661. The third-order valence-corrected chi connectivity index (χ3v) is 3.04. The number of carbonyl (C=O) groups is 2. The van der Waals surface area contributed by atoms with E-state index in [2.05, 4.69) is 16.0 Å². The van der Waals surface area contributed by atoms with Crippen LogP contribution in [-0.4, -0.2) is 36.2 Å². The summed E-state index contributed by atoms with van der Waals surface area (Å²) in [6.45, 7) is 1.80. The van der Waals surface area contributed by atoms with Crippen molar-refractivity contribution in [3.05, 3.63) is 29.8 Å². The summed E-state index contributed by atoms with van der Waals surface area (Å²) in [5.41, 5.74) is 0.631. The highest BCUT2D eigenvalue weighted by molar-refractivity contribution is 5.93. The summed E-state index contributed by atoms with van der Waals surface area (Å²) >= 11 is 0. The van der Waals surface area contributed by atoms with Crippen molar-refractivity contribution in [3.63, 3.8) is 0 Å². The van der Waals surface area contributed by atoms with Gasteiger partial charge in [-0.1, -0.05) is 6.07 Å². The lowest BCUT2D eigenvalue weighted by Gasteiger charge is -2.23. The van der Waals surface area contributed by atoms with Crippen LogP contribution in [0.15, 0.2) is 24.3 Å². The fourth-order valence-electron chi connectivity index (χ4n) is 2.05. The molecule has 1 aliphatic rings. The zero-order valence-corrected chi connectivity index (χ0v) is 10.5. The van der Waals surface area contributed by atoms with Crippen molar-refractivity contribution in [3.8, 4) is 0 Å². The van der Waals surface area contributed by atoms with Crippen LogP contribution in [0.4, 0.5) is 10.5 Å². The van der Waals surface area contributed by atoms with Gasteiger partial charge in [-0.25, -0.2) is 9.59 Å². The summed E-state index contributed by atoms with van der Waals surface area (Å²) in [6.07, 6.45) is 1.81. The topological polar surface area (TPSA) is 90.5 Å². The standard InChI is InChI=1S/C13H17N3O3/c17-12(18)9-2-1-3-11(8-9)16-13(19)15-10-4-6-14-7-5-10/h1-3,8,10,14H,4-7H2,(H,17,18)(H2,15,16,19). The second kappa shape index (κ2) is 6.19. The van der Waals surface area contributed by atoms with E-state index in [0.717, 1.165) is 25.9 Å². The molecule has 1 aromatic carbocycles. The molecule has 6 nitrogen and oxygen atoms in total. The minimum absolute atomic E-state index is 0.152. The van der Waals surface area contributed by atoms with Crippen molar-refractivity contribution >= 4 is 17.7 Å². The summed E-state index contributed by atoms with van der Waals surface area (Å²) < 4.78 is 0. The van der Waals surface area contributed by atoms with Crippen LogP contribution in [0, 0.1) is 0 Å². The molecule has 0 spiro atoms. The molecule has 0 aliphatic carbocycles. The van der Waals surface area contributed by atoms with E-state index in [1.807, 2.05) is 0 Å². The molecule has 102 valence electrons. The summed E-state index contributed by atoms with van der Waals surface area (Å²) in [4.78, 5) is 22.6. The van der Waals surface area contributed by atoms with Crippen LogP contribution >= 0.6 is 0 Å². The van der Waals surface area contributed by atoms with Gasteiger partial charge >= 0.3 is 12.0 Å². The van der Waals surface area contributed by atoms with Gasteiger partial charge in [-0.05, 0) is 44.1 Å². The van der Waals surface area contributed by atoms with Crippen molar-refractivity contribution in [1.82, 2.24) is 10.6 Å². The number of amides is 2. The number of carboxylic acids is 1. The van der Waals surface area contributed by atoms with Gasteiger partial charge in [0.2, 0.25) is 0 Å². The Morgan fingerprint density at radius 3 is 2.68 bits per heavy atom. The predicted octanol–water partition coefficient (Wildman–Crippen LogP) is 1.26. The third kappa shape index (κ3) is 3.96. The lowest BCUT2D eigenvalue weighted by molar-refractivity contribution is 0.0697. The van der Waals surface area contributed by atoms with Gasteiger partial charge < -0.3 is 21.1 Å². The maximum Gasteiger partial charge on any atom is 0.335 e. The van der Waals surface area contributed by atoms with Crippen LogP contribution in [0.1, 0.15) is 23.2 Å². The van der Waals surface area contributed by atoms with Gasteiger partial charge in [-0.15, -0.1) is 0 Å². The molecule has 1 aliphatic heterocycles. The molecule has 1 fully saturated rings. The highest BCUT2D eigenvalue weighted by atomic mass is 16.4. The van der Waals surface area contributed by atoms with Gasteiger partial charge in [0.1, 0.15) is 0 Å². The molecule has 2 rings (SSSR count). The van der Waals surface area contributed by atoms with Crippen molar-refractivity contribution in [2.45, 2.75) is 18.9 Å². The Balaban J connectivity index is 1.90. The second-order valence-corrected chi connectivity index (χ2v) is 4.51. The average molecular weight is 263 g/mol. The van der Waals surface area contributed by atoms with Crippen LogP contribution in [0.25, 0.3) is 0 Å². The zero-order valence-electron chi connectivity index (χ0n) is 10.5. The summed E-state index contributed by atoms with van der Waals surface area (Å²) in [7, 11) is 0. The molecule has 2 amide bonds. The largest absolute Gasteiger partial charge is 0.478 e. The predicted molar refractivity (Wildman–Crippen MR) is 71.4 cm³/mol. The number of carbonyl (C=O) groups excluding carboxylic acids is 1. The van der Waals surface area contributed by atoms with Gasteiger partial charge in [0.15, 0.2) is 0 Å². The monoisotopic (exact) mass is 263 g/mol. The van der Waals surface area contributed by atoms with Crippen LogP contribution < -0.4 is 16.0 Å².